The summed E-state index contributed by atoms with van der Waals surface area (Å²) in [6, 6.07) is 8.54. The van der Waals surface area contributed by atoms with E-state index in [0.29, 0.717) is 28.9 Å². The summed E-state index contributed by atoms with van der Waals surface area (Å²) in [6.07, 6.45) is -3.39. The van der Waals surface area contributed by atoms with Gasteiger partial charge < -0.3 is 10.2 Å². The molecule has 0 heterocycles. The molecular formula is C23H26BrClF3N3O4S. The van der Waals surface area contributed by atoms with E-state index < -0.39 is 51.2 Å². The lowest BCUT2D eigenvalue weighted by atomic mass is 10.1. The third-order valence-electron chi connectivity index (χ3n) is 5.21. The molecule has 0 aliphatic heterocycles. The Bertz CT molecular complexity index is 1190. The molecule has 36 heavy (non-hydrogen) atoms. The van der Waals surface area contributed by atoms with Gasteiger partial charge >= 0.3 is 6.18 Å². The number of hydrogen-bond acceptors (Lipinski definition) is 4. The molecule has 0 radical (unpaired) electrons. The lowest BCUT2D eigenvalue weighted by molar-refractivity contribution is -0.139. The molecule has 0 aromatic heterocycles. The molecule has 0 bridgehead atoms. The van der Waals surface area contributed by atoms with Gasteiger partial charge in [0.05, 0.1) is 22.5 Å². The molecule has 1 N–H and O–H groups in total. The van der Waals surface area contributed by atoms with E-state index in [-0.39, 0.29) is 12.2 Å². The number of amides is 2. The summed E-state index contributed by atoms with van der Waals surface area (Å²) in [6.45, 7) is 2.89. The second-order valence-electron chi connectivity index (χ2n) is 8.05. The Kier molecular flexibility index (Phi) is 10.2. The molecular weight excluding hydrogens is 587 g/mol. The van der Waals surface area contributed by atoms with Crippen molar-refractivity contribution in [2.75, 3.05) is 23.7 Å². The fourth-order valence-corrected chi connectivity index (χ4v) is 4.59. The average Bonchev–Trinajstić information content (AvgIpc) is 2.79. The van der Waals surface area contributed by atoms with Crippen molar-refractivity contribution in [1.82, 2.24) is 10.2 Å². The van der Waals surface area contributed by atoms with Crippen molar-refractivity contribution in [3.8, 4) is 0 Å². The molecule has 0 unspecified atom stereocenters. The molecule has 0 saturated heterocycles. The first-order valence-electron chi connectivity index (χ1n) is 10.8. The van der Waals surface area contributed by atoms with E-state index in [1.165, 1.54) is 11.8 Å². The van der Waals surface area contributed by atoms with E-state index in [1.54, 1.807) is 24.3 Å². The normalized spacial score (nSPS) is 12.7. The van der Waals surface area contributed by atoms with E-state index in [2.05, 4.69) is 21.2 Å². The highest BCUT2D eigenvalue weighted by molar-refractivity contribution is 9.10. The zero-order chi connectivity index (χ0) is 27.3. The second kappa shape index (κ2) is 12.3. The van der Waals surface area contributed by atoms with Crippen LogP contribution in [0.25, 0.3) is 0 Å². The average molecular weight is 613 g/mol. The van der Waals surface area contributed by atoms with Crippen LogP contribution in [-0.4, -0.2) is 50.5 Å². The van der Waals surface area contributed by atoms with Crippen LogP contribution in [0.15, 0.2) is 46.9 Å². The summed E-state index contributed by atoms with van der Waals surface area (Å²) in [5.41, 5.74) is -0.950. The highest BCUT2D eigenvalue weighted by Gasteiger charge is 2.35. The zero-order valence-corrected chi connectivity index (χ0v) is 22.9. The van der Waals surface area contributed by atoms with Crippen LogP contribution >= 0.6 is 27.5 Å². The van der Waals surface area contributed by atoms with Gasteiger partial charge in [-0.2, -0.15) is 13.2 Å². The maximum absolute atomic E-state index is 13.4. The number of rotatable bonds is 10. The van der Waals surface area contributed by atoms with Crippen LogP contribution in [0.4, 0.5) is 18.9 Å². The quantitative estimate of drug-likeness (QED) is 0.417. The maximum Gasteiger partial charge on any atom is 0.417 e. The first-order chi connectivity index (χ1) is 16.6. The zero-order valence-electron chi connectivity index (χ0n) is 19.8. The predicted molar refractivity (Wildman–Crippen MR) is 136 cm³/mol. The number of sulfonamides is 1. The Hall–Kier alpha value is -2.31. The van der Waals surface area contributed by atoms with Crippen LogP contribution < -0.4 is 9.62 Å². The first-order valence-corrected chi connectivity index (χ1v) is 13.8. The summed E-state index contributed by atoms with van der Waals surface area (Å²) >= 11 is 8.98. The molecule has 1 atom stereocenters. The van der Waals surface area contributed by atoms with Gasteiger partial charge in [0.1, 0.15) is 12.6 Å². The number of carbonyl (C=O) groups excluding carboxylic acids is 2. The molecule has 0 saturated carbocycles. The van der Waals surface area contributed by atoms with Crippen molar-refractivity contribution in [3.63, 3.8) is 0 Å². The molecule has 2 aromatic rings. The van der Waals surface area contributed by atoms with Gasteiger partial charge in [-0.05, 0) is 49.2 Å². The number of carbonyl (C=O) groups is 2. The smallest absolute Gasteiger partial charge is 0.354 e. The van der Waals surface area contributed by atoms with E-state index >= 15 is 0 Å². The van der Waals surface area contributed by atoms with Crippen LogP contribution in [0, 0.1) is 0 Å². The van der Waals surface area contributed by atoms with Gasteiger partial charge in [0.25, 0.3) is 0 Å². The van der Waals surface area contributed by atoms with Gasteiger partial charge in [0.15, 0.2) is 0 Å². The number of anilines is 1. The van der Waals surface area contributed by atoms with Crippen LogP contribution in [0.2, 0.25) is 5.02 Å². The number of benzene rings is 2. The summed E-state index contributed by atoms with van der Waals surface area (Å²) in [5, 5.41) is 2.09. The molecule has 0 spiro atoms. The summed E-state index contributed by atoms with van der Waals surface area (Å²) in [4.78, 5) is 27.2. The van der Waals surface area contributed by atoms with Crippen LogP contribution in [-0.2, 0) is 32.3 Å². The monoisotopic (exact) mass is 611 g/mol. The van der Waals surface area contributed by atoms with E-state index in [9.17, 15) is 31.2 Å². The van der Waals surface area contributed by atoms with Gasteiger partial charge in [0.2, 0.25) is 21.8 Å². The van der Waals surface area contributed by atoms with Crippen molar-refractivity contribution in [2.24, 2.45) is 0 Å². The SMILES string of the molecule is CCCNC(=O)[C@@H](C)N(Cc1ccc(Br)cc1)C(=O)CN(c1ccc(Cl)c(C(F)(F)F)c1)S(C)(=O)=O. The minimum atomic E-state index is -4.83. The summed E-state index contributed by atoms with van der Waals surface area (Å²) in [5.74, 6) is -1.22. The Balaban J connectivity index is 2.45. The van der Waals surface area contributed by atoms with E-state index in [1.807, 2.05) is 6.92 Å². The van der Waals surface area contributed by atoms with Crippen molar-refractivity contribution in [1.29, 1.82) is 0 Å². The third-order valence-corrected chi connectivity index (χ3v) is 7.20. The number of halogens is 5. The molecule has 0 aliphatic carbocycles. The lowest BCUT2D eigenvalue weighted by Gasteiger charge is -2.31. The molecule has 2 rings (SSSR count). The predicted octanol–water partition coefficient (Wildman–Crippen LogP) is 4.83. The Morgan fingerprint density at radius 2 is 1.75 bits per heavy atom. The Labute approximate surface area is 221 Å². The molecule has 0 aliphatic rings. The Morgan fingerprint density at radius 1 is 1.14 bits per heavy atom. The Morgan fingerprint density at radius 3 is 2.28 bits per heavy atom. The fourth-order valence-electron chi connectivity index (χ4n) is 3.26. The lowest BCUT2D eigenvalue weighted by Crippen LogP contribution is -2.51. The van der Waals surface area contributed by atoms with E-state index in [4.69, 9.17) is 11.6 Å². The van der Waals surface area contributed by atoms with Crippen molar-refractivity contribution < 1.29 is 31.2 Å². The number of nitrogens with zero attached hydrogens (tertiary/aromatic N) is 2. The minimum absolute atomic E-state index is 0.0289. The fraction of sp³-hybridized carbons (Fsp3) is 0.391. The van der Waals surface area contributed by atoms with Crippen molar-refractivity contribution >= 4 is 55.1 Å². The van der Waals surface area contributed by atoms with Gasteiger partial charge in [-0.1, -0.05) is 46.6 Å². The standard InChI is InChI=1S/C23H26BrClF3N3O4S/c1-4-11-29-22(33)15(2)30(13-16-5-7-17(24)8-6-16)21(32)14-31(36(3,34)35)18-9-10-20(25)19(12-18)23(26,27)28/h5-10,12,15H,4,11,13-14H2,1-3H3,(H,29,33)/t15-/m1/s1. The largest absolute Gasteiger partial charge is 0.417 e. The van der Waals surface area contributed by atoms with Crippen molar-refractivity contribution in [2.45, 2.75) is 39.0 Å². The van der Waals surface area contributed by atoms with Crippen LogP contribution in [0.3, 0.4) is 0 Å². The van der Waals surface area contributed by atoms with Gasteiger partial charge in [-0.25, -0.2) is 8.42 Å². The first kappa shape index (κ1) is 29.9. The molecule has 0 fully saturated rings. The van der Waals surface area contributed by atoms with Crippen LogP contribution in [0.1, 0.15) is 31.4 Å². The molecule has 2 aromatic carbocycles. The minimum Gasteiger partial charge on any atom is -0.354 e. The summed E-state index contributed by atoms with van der Waals surface area (Å²) in [7, 11) is -4.19. The summed E-state index contributed by atoms with van der Waals surface area (Å²) < 4.78 is 66.5. The maximum atomic E-state index is 13.4. The van der Waals surface area contributed by atoms with Gasteiger partial charge in [-0.15, -0.1) is 0 Å². The molecule has 2 amide bonds. The van der Waals surface area contributed by atoms with Crippen LogP contribution in [0.5, 0.6) is 0 Å². The highest BCUT2D eigenvalue weighted by Crippen LogP contribution is 2.37. The van der Waals surface area contributed by atoms with Crippen molar-refractivity contribution in [3.05, 3.63) is 63.1 Å². The molecule has 13 heteroatoms. The molecule has 7 nitrogen and oxygen atoms in total. The van der Waals surface area contributed by atoms with Gasteiger partial charge in [-0.3, -0.25) is 13.9 Å². The second-order valence-corrected chi connectivity index (χ2v) is 11.3. The number of nitrogens with one attached hydrogen (secondary N) is 1. The van der Waals surface area contributed by atoms with Gasteiger partial charge in [0, 0.05) is 17.6 Å². The van der Waals surface area contributed by atoms with E-state index in [0.717, 1.165) is 22.9 Å². The number of alkyl halides is 3. The topological polar surface area (TPSA) is 86.8 Å². The number of hydrogen-bond donors (Lipinski definition) is 1. The highest BCUT2D eigenvalue weighted by atomic mass is 79.9. The molecule has 198 valence electrons. The third kappa shape index (κ3) is 8.10.